The molecule has 0 amide bonds. The summed E-state index contributed by atoms with van der Waals surface area (Å²) in [5.41, 5.74) is 0. The minimum atomic E-state index is -1.27. The number of carbonyl (C=O) groups excluding carboxylic acids is 11. The quantitative estimate of drug-likeness (QED) is 0.0157. The minimum absolute atomic E-state index is 0.0123. The van der Waals surface area contributed by atoms with Gasteiger partial charge < -0.3 is 160 Å². The maximum atomic E-state index is 11.7. The average molecular weight is 1900 g/mol. The van der Waals surface area contributed by atoms with E-state index in [2.05, 4.69) is 13.2 Å². The lowest BCUT2D eigenvalue weighted by molar-refractivity contribution is -0.155. The van der Waals surface area contributed by atoms with E-state index in [0.717, 1.165) is 66.8 Å². The first kappa shape index (κ1) is 107. The van der Waals surface area contributed by atoms with E-state index >= 15 is 0 Å². The molecular formula is C84H104O49. The topological polar surface area (TPSA) is 688 Å². The number of aliphatic carboxylic acids is 5. The summed E-state index contributed by atoms with van der Waals surface area (Å²) in [4.78, 5) is 176. The van der Waals surface area contributed by atoms with Crippen LogP contribution in [0.1, 0.15) is 53.4 Å². The standard InChI is InChI=1S/C15H18O9.C15H16O9.2C11H14O6.C11H16O6.C11H14O6.C10H12O7/c2*1-8(16)2-4-12(19)23-9-6-21-15-10(7-22-14(9)15)24-13(20)5-3-11(17)18;2*1-6-4-15-11-7(5-16-10(6)11)17-9(14)3-2-8(12)13;2*1-6(12)2-3-9(14)17-8-5-16-10-7(13)4-15-11(8)10;11-5-3-15-10-6(4-16-9(5)10)17-8(14)2-1-7(12)13/h3,5,9-10,14-16H,1-2,4,6-7H2,(H,17,18);2-5,9-10,14-15H,6-7H2,1H3,(H,17,18);2*2-3,6-7,10-11H,4-5H2,1H3,(H,12,13);7-8,10-13H,1-5H2;2-3,7-8,10-11,13H,4-5H2,1H3;1-2,5-6,9-11H,3-4H2,(H,12,13)/b5-3+;4-2+,5-3-;3-2+;3-2-;;3-2+;2-1-/t2*9-,10+,14+,15+;2*6-,7+,10+,11+;2*7-,8+,10-,11-;5-,6+,9-,10-/m0000111/s1. The summed E-state index contributed by atoms with van der Waals surface area (Å²) < 4.78 is 121. The van der Waals surface area contributed by atoms with Gasteiger partial charge in [-0.3, -0.25) is 19.2 Å². The van der Waals surface area contributed by atoms with Crippen molar-refractivity contribution in [2.24, 2.45) is 11.8 Å². The molecule has 0 aromatic rings. The molecular weight excluding hydrogens is 1790 g/mol. The first-order valence-corrected chi connectivity index (χ1v) is 41.3. The van der Waals surface area contributed by atoms with Crippen LogP contribution in [0, 0.1) is 11.8 Å². The van der Waals surface area contributed by atoms with Crippen LogP contribution in [0.15, 0.2) is 110 Å². The van der Waals surface area contributed by atoms with E-state index in [4.69, 9.17) is 145 Å². The maximum absolute atomic E-state index is 11.7. The molecule has 133 heavy (non-hydrogen) atoms. The van der Waals surface area contributed by atoms with Gasteiger partial charge in [0, 0.05) is 97.6 Å². The van der Waals surface area contributed by atoms with Crippen molar-refractivity contribution < 1.29 is 237 Å². The Bertz CT molecular complexity index is 4030. The van der Waals surface area contributed by atoms with E-state index in [1.54, 1.807) is 0 Å². The minimum Gasteiger partial charge on any atom is -0.513 e. The molecule has 14 aliphatic rings. The van der Waals surface area contributed by atoms with Crippen LogP contribution in [0.5, 0.6) is 0 Å². The van der Waals surface area contributed by atoms with Crippen molar-refractivity contribution in [1.29, 1.82) is 0 Å². The largest absolute Gasteiger partial charge is 0.513 e. The molecule has 10 N–H and O–H groups in total. The smallest absolute Gasteiger partial charge is 0.331 e. The number of aliphatic hydroxyl groups is 5. The van der Waals surface area contributed by atoms with Crippen LogP contribution >= 0.6 is 0 Å². The molecule has 14 heterocycles. The second-order valence-corrected chi connectivity index (χ2v) is 31.1. The van der Waals surface area contributed by atoms with Gasteiger partial charge >= 0.3 is 83.6 Å². The first-order valence-electron chi connectivity index (χ1n) is 41.3. The highest BCUT2D eigenvalue weighted by Gasteiger charge is 2.56. The second kappa shape index (κ2) is 52.2. The van der Waals surface area contributed by atoms with Gasteiger partial charge in [-0.1, -0.05) is 27.0 Å². The lowest BCUT2D eigenvalue weighted by Gasteiger charge is -2.17. The summed E-state index contributed by atoms with van der Waals surface area (Å²) in [7, 11) is 0. The van der Waals surface area contributed by atoms with Crippen LogP contribution in [-0.2, 0) is 186 Å². The number of ether oxygens (including phenoxy) is 23. The Labute approximate surface area is 755 Å². The van der Waals surface area contributed by atoms with E-state index in [1.165, 1.54) is 13.8 Å². The van der Waals surface area contributed by atoms with Gasteiger partial charge in [0.2, 0.25) is 0 Å². The van der Waals surface area contributed by atoms with Gasteiger partial charge in [0.1, 0.15) is 91.6 Å². The van der Waals surface area contributed by atoms with Crippen LogP contribution < -0.4 is 0 Å². The zero-order valence-corrected chi connectivity index (χ0v) is 71.8. The Morgan fingerprint density at radius 2 is 0.398 bits per heavy atom. The highest BCUT2D eigenvalue weighted by atomic mass is 16.7. The molecule has 0 spiro atoms. The highest BCUT2D eigenvalue weighted by Crippen LogP contribution is 2.37. The lowest BCUT2D eigenvalue weighted by Crippen LogP contribution is -2.35. The van der Waals surface area contributed by atoms with Crippen LogP contribution in [0.2, 0.25) is 0 Å². The van der Waals surface area contributed by atoms with Crippen molar-refractivity contribution in [3.8, 4) is 0 Å². The van der Waals surface area contributed by atoms with E-state index in [1.807, 2.05) is 13.8 Å². The van der Waals surface area contributed by atoms with Crippen molar-refractivity contribution in [2.45, 2.75) is 212 Å². The summed E-state index contributed by atoms with van der Waals surface area (Å²) >= 11 is 0. The fourth-order valence-electron chi connectivity index (χ4n) is 14.7. The lowest BCUT2D eigenvalue weighted by atomic mass is 10.0. The number of allylic oxidation sites excluding steroid dienone is 4. The Balaban J connectivity index is 0.000000192. The van der Waals surface area contributed by atoms with Crippen molar-refractivity contribution in [3.63, 3.8) is 0 Å². The van der Waals surface area contributed by atoms with Crippen LogP contribution in [0.3, 0.4) is 0 Å². The maximum Gasteiger partial charge on any atom is 0.331 e. The van der Waals surface area contributed by atoms with Crippen LogP contribution in [0.4, 0.5) is 0 Å². The molecule has 14 aliphatic heterocycles. The monoisotopic (exact) mass is 1900 g/mol. The third-order valence-electron chi connectivity index (χ3n) is 20.8. The molecule has 0 radical (unpaired) electrons. The van der Waals surface area contributed by atoms with Crippen molar-refractivity contribution in [1.82, 2.24) is 0 Å². The zero-order chi connectivity index (χ0) is 97.4. The fraction of sp³-hybridized carbons (Fsp3) is 0.595. The Morgan fingerprint density at radius 3 is 0.602 bits per heavy atom. The van der Waals surface area contributed by atoms with Gasteiger partial charge in [-0.25, -0.2) is 57.5 Å². The van der Waals surface area contributed by atoms with Gasteiger partial charge in [-0.15, -0.1) is 0 Å². The molecule has 49 nitrogen and oxygen atoms in total. The van der Waals surface area contributed by atoms with Crippen molar-refractivity contribution >= 4 is 95.1 Å². The molecule has 49 heteroatoms. The van der Waals surface area contributed by atoms with Gasteiger partial charge in [0.05, 0.1) is 129 Å². The van der Waals surface area contributed by atoms with Crippen molar-refractivity contribution in [3.05, 3.63) is 110 Å². The molecule has 734 valence electrons. The highest BCUT2D eigenvalue weighted by molar-refractivity contribution is 5.96. The average Bonchev–Trinajstić information content (AvgIpc) is 1.66. The Morgan fingerprint density at radius 1 is 0.233 bits per heavy atom. The van der Waals surface area contributed by atoms with Gasteiger partial charge in [-0.2, -0.15) is 0 Å². The molecule has 0 aromatic carbocycles. The predicted octanol–water partition coefficient (Wildman–Crippen LogP) is -2.75. The first-order chi connectivity index (χ1) is 63.1. The number of hydrogen-bond donors (Lipinski definition) is 10. The summed E-state index contributed by atoms with van der Waals surface area (Å²) in [6.07, 6.45) is -0.392. The van der Waals surface area contributed by atoms with E-state index in [9.17, 15) is 92.0 Å². The SMILES string of the molecule is C=C(O)CCC(=O)O[C@H]1CO[C@H]2[C@@H]1OC[C@H]2O.C=C(O)CCC(=O)O[C@H]1CO[C@H]2[C@@H]1OC[C@H]2OC(=O)/C=C/C(=O)O.CC(=O)/C=C/C(=O)O[C@H]1CO[C@H]2[C@@H]1OC[C@H]2O.CC(=O)/C=C/C(=O)O[C@H]1CO[C@H]2[C@@H]1OC[C@H]2OC(=O)/C=C\C(=O)O.C[C@H]1CO[C@H]2[C@@H]1OC[C@H]2OC(=O)/C=C/C(=O)O.C[C@H]1CO[C@H]2[C@@H]1OC[C@H]2OC(=O)/C=C\C(=O)O.O=C(O)/C=C\C(=O)O[C@H]1CO[C@H]2[C@@H]1OC[C@H]2O. The predicted molar refractivity (Wildman–Crippen MR) is 427 cm³/mol. The van der Waals surface area contributed by atoms with E-state index < -0.39 is 212 Å². The summed E-state index contributed by atoms with van der Waals surface area (Å²) in [5, 5.41) is 88.2. The molecule has 14 rings (SSSR count). The molecule has 0 aromatic heterocycles. The fourth-order valence-corrected chi connectivity index (χ4v) is 14.7. The molecule has 14 fully saturated rings. The zero-order valence-electron chi connectivity index (χ0n) is 71.8. The molecule has 0 bridgehead atoms. The van der Waals surface area contributed by atoms with E-state index in [-0.39, 0.29) is 145 Å². The molecule has 0 unspecified atom stereocenters. The third kappa shape index (κ3) is 33.9. The number of hydrogen-bond acceptors (Lipinski definition) is 44. The molecule has 14 saturated heterocycles. The summed E-state index contributed by atoms with van der Waals surface area (Å²) in [5.74, 6) is -12.3. The second-order valence-electron chi connectivity index (χ2n) is 31.1. The number of carboxylic acid groups (broad SMARTS) is 5. The molecule has 0 saturated carbocycles. The Hall–Kier alpha value is -11.5. The molecule has 28 atom stereocenters. The van der Waals surface area contributed by atoms with Gasteiger partial charge in [0.15, 0.2) is 66.5 Å². The number of carboxylic acids is 5. The van der Waals surface area contributed by atoms with Gasteiger partial charge in [0.25, 0.3) is 0 Å². The summed E-state index contributed by atoms with van der Waals surface area (Å²) in [6.45, 7) is 16.4. The summed E-state index contributed by atoms with van der Waals surface area (Å²) in [6, 6.07) is 0. The number of aliphatic hydroxyl groups excluding tert-OH is 5. The normalized spacial score (nSPS) is 33.3. The number of ketones is 2. The number of carbonyl (C=O) groups is 16. The van der Waals surface area contributed by atoms with Crippen LogP contribution in [0.25, 0.3) is 0 Å². The number of rotatable bonds is 29. The molecule has 0 aliphatic carbocycles. The van der Waals surface area contributed by atoms with Gasteiger partial charge in [-0.05, 0) is 26.0 Å². The third-order valence-corrected chi connectivity index (χ3v) is 20.8. The Kier molecular flexibility index (Phi) is 42.0. The van der Waals surface area contributed by atoms with E-state index in [0.29, 0.717) is 56.5 Å². The van der Waals surface area contributed by atoms with Crippen molar-refractivity contribution in [2.75, 3.05) is 92.5 Å². The number of fused-ring (bicyclic) bond motifs is 7. The van der Waals surface area contributed by atoms with Crippen LogP contribution in [-0.4, -0.2) is 397 Å². The number of esters is 9.